The number of hydrogen-bond acceptors (Lipinski definition) is 5. The maximum atomic E-state index is 12.9. The lowest BCUT2D eigenvalue weighted by atomic mass is 10.2. The molecule has 7 nitrogen and oxygen atoms in total. The molecule has 154 valence electrons. The number of aryl methyl sites for hydroxylation is 1. The molecule has 10 heteroatoms. The Morgan fingerprint density at radius 1 is 1.31 bits per heavy atom. The zero-order chi connectivity index (χ0) is 20.6. The van der Waals surface area contributed by atoms with Crippen molar-refractivity contribution in [1.82, 2.24) is 19.2 Å². The summed E-state index contributed by atoms with van der Waals surface area (Å²) in [5, 5.41) is 2.91. The van der Waals surface area contributed by atoms with Crippen LogP contribution in [0.4, 0.5) is 0 Å². The quantitative estimate of drug-likeness (QED) is 0.567. The van der Waals surface area contributed by atoms with Crippen LogP contribution in [0, 0.1) is 6.92 Å². The van der Waals surface area contributed by atoms with E-state index in [1.807, 2.05) is 31.2 Å². The third-order valence-corrected chi connectivity index (χ3v) is 9.10. The molecule has 1 unspecified atom stereocenters. The van der Waals surface area contributed by atoms with Crippen LogP contribution < -0.4 is 5.32 Å². The maximum absolute atomic E-state index is 12.9. The Morgan fingerprint density at radius 2 is 2.10 bits per heavy atom. The standard InChI is InChI=1S/C19H21BrN4O3S2/c1-13-22-14-5-2-3-6-15(14)23(13)12-10-21-19(25)16-7-4-11-24(16)29(26,27)18-9-8-17(20)28-18/h2-3,5-6,8-9,16H,4,7,10-12H2,1H3,(H,21,25). The Hall–Kier alpha value is -1.75. The Labute approximate surface area is 181 Å². The molecule has 3 heterocycles. The fourth-order valence-electron chi connectivity index (χ4n) is 3.73. The molecule has 1 amide bonds. The van der Waals surface area contributed by atoms with Crippen molar-refractivity contribution >= 4 is 54.2 Å². The Morgan fingerprint density at radius 3 is 2.86 bits per heavy atom. The Bertz CT molecular complexity index is 1160. The average Bonchev–Trinajstić information content (AvgIpc) is 3.41. The number of sulfonamides is 1. The first-order chi connectivity index (χ1) is 13.9. The summed E-state index contributed by atoms with van der Waals surface area (Å²) in [6, 6.07) is 10.5. The number of nitrogens with zero attached hydrogens (tertiary/aromatic N) is 3. The predicted molar refractivity (Wildman–Crippen MR) is 116 cm³/mol. The molecule has 3 aromatic rings. The van der Waals surface area contributed by atoms with Crippen molar-refractivity contribution in [1.29, 1.82) is 0 Å². The van der Waals surface area contributed by atoms with Crippen molar-refractivity contribution in [2.24, 2.45) is 0 Å². The number of imidazole rings is 1. The highest BCUT2D eigenvalue weighted by atomic mass is 79.9. The van der Waals surface area contributed by atoms with Crippen molar-refractivity contribution in [3.05, 3.63) is 46.0 Å². The number of halogens is 1. The van der Waals surface area contributed by atoms with Crippen LogP contribution in [-0.2, 0) is 21.4 Å². The second-order valence-corrected chi connectivity index (χ2v) is 11.5. The fourth-order valence-corrected chi connectivity index (χ4v) is 7.52. The topological polar surface area (TPSA) is 84.3 Å². The van der Waals surface area contributed by atoms with Gasteiger partial charge in [0.05, 0.1) is 14.8 Å². The molecular formula is C19H21BrN4O3S2. The van der Waals surface area contributed by atoms with E-state index in [1.165, 1.54) is 4.31 Å². The minimum atomic E-state index is -3.67. The van der Waals surface area contributed by atoms with E-state index in [2.05, 4.69) is 30.8 Å². The van der Waals surface area contributed by atoms with E-state index in [0.717, 1.165) is 32.0 Å². The monoisotopic (exact) mass is 496 g/mol. The first-order valence-corrected chi connectivity index (χ1v) is 12.4. The van der Waals surface area contributed by atoms with Gasteiger partial charge in [-0.15, -0.1) is 11.3 Å². The number of para-hydroxylation sites is 2. The van der Waals surface area contributed by atoms with Crippen LogP contribution in [-0.4, -0.2) is 47.3 Å². The highest BCUT2D eigenvalue weighted by Crippen LogP contribution is 2.32. The molecule has 1 saturated heterocycles. The minimum absolute atomic E-state index is 0.247. The van der Waals surface area contributed by atoms with Gasteiger partial charge in [-0.1, -0.05) is 12.1 Å². The summed E-state index contributed by atoms with van der Waals surface area (Å²) in [7, 11) is -3.67. The van der Waals surface area contributed by atoms with Crippen LogP contribution in [0.15, 0.2) is 44.4 Å². The number of carbonyl (C=O) groups is 1. The zero-order valence-electron chi connectivity index (χ0n) is 15.8. The van der Waals surface area contributed by atoms with Gasteiger partial charge in [0.1, 0.15) is 16.1 Å². The summed E-state index contributed by atoms with van der Waals surface area (Å²) in [5.74, 6) is 0.637. The van der Waals surface area contributed by atoms with Crippen LogP contribution >= 0.6 is 27.3 Å². The van der Waals surface area contributed by atoms with E-state index in [1.54, 1.807) is 12.1 Å². The zero-order valence-corrected chi connectivity index (χ0v) is 19.1. The summed E-state index contributed by atoms with van der Waals surface area (Å²) in [6.07, 6.45) is 1.21. The minimum Gasteiger partial charge on any atom is -0.353 e. The first-order valence-electron chi connectivity index (χ1n) is 9.34. The molecule has 1 aliphatic rings. The Kier molecular flexibility index (Phi) is 5.78. The molecule has 0 saturated carbocycles. The van der Waals surface area contributed by atoms with Gasteiger partial charge in [0.25, 0.3) is 10.0 Å². The van der Waals surface area contributed by atoms with E-state index < -0.39 is 16.1 Å². The van der Waals surface area contributed by atoms with E-state index in [9.17, 15) is 13.2 Å². The number of fused-ring (bicyclic) bond motifs is 1. The molecule has 1 aromatic carbocycles. The van der Waals surface area contributed by atoms with Crippen molar-refractivity contribution in [3.63, 3.8) is 0 Å². The van der Waals surface area contributed by atoms with Gasteiger partial charge >= 0.3 is 0 Å². The SMILES string of the molecule is Cc1nc2ccccc2n1CCNC(=O)C1CCCN1S(=O)(=O)c1ccc(Br)s1. The number of carbonyl (C=O) groups excluding carboxylic acids is 1. The third-order valence-electron chi connectivity index (χ3n) is 5.10. The second-order valence-electron chi connectivity index (χ2n) is 6.92. The first kappa shape index (κ1) is 20.5. The molecule has 0 aliphatic carbocycles. The molecule has 0 radical (unpaired) electrons. The van der Waals surface area contributed by atoms with Gasteiger partial charge in [-0.25, -0.2) is 13.4 Å². The van der Waals surface area contributed by atoms with Crippen LogP contribution in [0.2, 0.25) is 0 Å². The normalized spacial score (nSPS) is 17.8. The van der Waals surface area contributed by atoms with Crippen molar-refractivity contribution in [2.75, 3.05) is 13.1 Å². The molecular weight excluding hydrogens is 476 g/mol. The number of rotatable bonds is 6. The Balaban J connectivity index is 1.43. The van der Waals surface area contributed by atoms with Gasteiger partial charge in [0.2, 0.25) is 5.91 Å². The number of aromatic nitrogens is 2. The van der Waals surface area contributed by atoms with E-state index in [-0.39, 0.29) is 10.1 Å². The molecule has 0 bridgehead atoms. The highest BCUT2D eigenvalue weighted by Gasteiger charge is 2.39. The lowest BCUT2D eigenvalue weighted by Gasteiger charge is -2.22. The largest absolute Gasteiger partial charge is 0.353 e. The van der Waals surface area contributed by atoms with Crippen LogP contribution in [0.1, 0.15) is 18.7 Å². The molecule has 29 heavy (non-hydrogen) atoms. The molecule has 4 rings (SSSR count). The fraction of sp³-hybridized carbons (Fsp3) is 0.368. The lowest BCUT2D eigenvalue weighted by molar-refractivity contribution is -0.124. The smallest absolute Gasteiger partial charge is 0.253 e. The average molecular weight is 497 g/mol. The number of benzene rings is 1. The van der Waals surface area contributed by atoms with Gasteiger partial charge in [-0.3, -0.25) is 4.79 Å². The number of thiophene rings is 1. The van der Waals surface area contributed by atoms with E-state index >= 15 is 0 Å². The number of amides is 1. The summed E-state index contributed by atoms with van der Waals surface area (Å²) < 4.78 is 30.3. The van der Waals surface area contributed by atoms with Gasteiger partial charge < -0.3 is 9.88 Å². The van der Waals surface area contributed by atoms with Crippen molar-refractivity contribution in [3.8, 4) is 0 Å². The maximum Gasteiger partial charge on any atom is 0.253 e. The molecule has 2 aromatic heterocycles. The molecule has 1 aliphatic heterocycles. The molecule has 0 spiro atoms. The summed E-state index contributed by atoms with van der Waals surface area (Å²) in [4.78, 5) is 17.3. The lowest BCUT2D eigenvalue weighted by Crippen LogP contribution is -2.46. The summed E-state index contributed by atoms with van der Waals surface area (Å²) >= 11 is 4.46. The van der Waals surface area contributed by atoms with Gasteiger partial charge in [-0.2, -0.15) is 4.31 Å². The van der Waals surface area contributed by atoms with Crippen LogP contribution in [0.3, 0.4) is 0 Å². The summed E-state index contributed by atoms with van der Waals surface area (Å²) in [5.41, 5.74) is 1.94. The van der Waals surface area contributed by atoms with Crippen LogP contribution in [0.25, 0.3) is 11.0 Å². The number of hydrogen-bond donors (Lipinski definition) is 1. The molecule has 1 fully saturated rings. The highest BCUT2D eigenvalue weighted by molar-refractivity contribution is 9.11. The third kappa shape index (κ3) is 3.98. The van der Waals surface area contributed by atoms with E-state index in [0.29, 0.717) is 32.5 Å². The second kappa shape index (κ2) is 8.17. The summed E-state index contributed by atoms with van der Waals surface area (Å²) in [6.45, 7) is 3.29. The predicted octanol–water partition coefficient (Wildman–Crippen LogP) is 3.14. The van der Waals surface area contributed by atoms with Gasteiger partial charge in [0, 0.05) is 19.6 Å². The van der Waals surface area contributed by atoms with Crippen LogP contribution in [0.5, 0.6) is 0 Å². The van der Waals surface area contributed by atoms with Gasteiger partial charge in [0.15, 0.2) is 0 Å². The molecule has 1 N–H and O–H groups in total. The van der Waals surface area contributed by atoms with Crippen molar-refractivity contribution in [2.45, 2.75) is 36.6 Å². The molecule has 1 atom stereocenters. The number of nitrogens with one attached hydrogen (secondary N) is 1. The van der Waals surface area contributed by atoms with Gasteiger partial charge in [-0.05, 0) is 60.0 Å². The van der Waals surface area contributed by atoms with Crippen molar-refractivity contribution < 1.29 is 13.2 Å². The van der Waals surface area contributed by atoms with E-state index in [4.69, 9.17) is 0 Å².